The van der Waals surface area contributed by atoms with Crippen LogP contribution in [0.15, 0.2) is 4.99 Å². The molecule has 0 aliphatic rings. The van der Waals surface area contributed by atoms with E-state index in [1.807, 2.05) is 27.7 Å². The molecule has 0 spiro atoms. The Morgan fingerprint density at radius 2 is 1.73 bits per heavy atom. The van der Waals surface area contributed by atoms with E-state index in [1.165, 1.54) is 19.3 Å². The van der Waals surface area contributed by atoms with Gasteiger partial charge in [-0.2, -0.15) is 0 Å². The number of amides is 1. The van der Waals surface area contributed by atoms with Crippen molar-refractivity contribution in [3.8, 4) is 0 Å². The summed E-state index contributed by atoms with van der Waals surface area (Å²) < 4.78 is 0. The van der Waals surface area contributed by atoms with Crippen molar-refractivity contribution in [1.82, 2.24) is 16.0 Å². The van der Waals surface area contributed by atoms with E-state index < -0.39 is 5.41 Å². The molecule has 0 radical (unpaired) electrons. The lowest BCUT2D eigenvalue weighted by atomic mass is 9.92. The number of guanidine groups is 1. The molecule has 5 nitrogen and oxygen atoms in total. The van der Waals surface area contributed by atoms with Crippen LogP contribution in [0.4, 0.5) is 0 Å². The van der Waals surface area contributed by atoms with E-state index in [1.54, 1.807) is 0 Å². The maximum Gasteiger partial charge on any atom is 0.227 e. The second-order valence-corrected chi connectivity index (χ2v) is 6.48. The average Bonchev–Trinajstić information content (AvgIpc) is 2.45. The second kappa shape index (κ2) is 11.3. The number of hydrogen-bond acceptors (Lipinski definition) is 2. The molecule has 0 aliphatic heterocycles. The van der Waals surface area contributed by atoms with Crippen molar-refractivity contribution < 1.29 is 4.79 Å². The summed E-state index contributed by atoms with van der Waals surface area (Å²) in [5.41, 5.74) is -0.496. The molecule has 5 heteroatoms. The van der Waals surface area contributed by atoms with E-state index in [-0.39, 0.29) is 5.91 Å². The van der Waals surface area contributed by atoms with Crippen molar-refractivity contribution in [3.63, 3.8) is 0 Å². The minimum Gasteiger partial charge on any atom is -0.357 e. The summed E-state index contributed by atoms with van der Waals surface area (Å²) >= 11 is 0. The van der Waals surface area contributed by atoms with Gasteiger partial charge in [0.2, 0.25) is 5.91 Å². The number of carbonyl (C=O) groups excluding carboxylic acids is 1. The maximum atomic E-state index is 12.0. The second-order valence-electron chi connectivity index (χ2n) is 6.48. The predicted molar refractivity (Wildman–Crippen MR) is 95.2 cm³/mol. The molecule has 0 aromatic heterocycles. The van der Waals surface area contributed by atoms with Gasteiger partial charge in [0.1, 0.15) is 0 Å². The average molecular weight is 313 g/mol. The van der Waals surface area contributed by atoms with Crippen molar-refractivity contribution >= 4 is 11.9 Å². The van der Waals surface area contributed by atoms with Crippen molar-refractivity contribution in [2.45, 2.75) is 73.3 Å². The molecular formula is C17H36N4O. The van der Waals surface area contributed by atoms with Gasteiger partial charge in [-0.25, -0.2) is 0 Å². The Morgan fingerprint density at radius 1 is 1.09 bits per heavy atom. The number of rotatable bonds is 10. The fourth-order valence-corrected chi connectivity index (χ4v) is 2.07. The quantitative estimate of drug-likeness (QED) is 0.330. The molecule has 3 N–H and O–H groups in total. The van der Waals surface area contributed by atoms with Crippen molar-refractivity contribution in [2.75, 3.05) is 19.6 Å². The highest BCUT2D eigenvalue weighted by Crippen LogP contribution is 2.15. The van der Waals surface area contributed by atoms with Crippen LogP contribution in [0.5, 0.6) is 0 Å². The number of nitrogens with zero attached hydrogens (tertiary/aromatic N) is 1. The Kier molecular flexibility index (Phi) is 10.7. The summed E-state index contributed by atoms with van der Waals surface area (Å²) in [5.74, 6) is 0.842. The van der Waals surface area contributed by atoms with E-state index in [4.69, 9.17) is 0 Å². The van der Waals surface area contributed by atoms with E-state index in [0.717, 1.165) is 18.9 Å². The Labute approximate surface area is 136 Å². The molecule has 1 atom stereocenters. The molecule has 0 heterocycles. The third kappa shape index (κ3) is 8.90. The first kappa shape index (κ1) is 20.7. The lowest BCUT2D eigenvalue weighted by Gasteiger charge is -2.23. The number of nitrogens with one attached hydrogen (secondary N) is 3. The molecule has 0 bridgehead atoms. The van der Waals surface area contributed by atoms with E-state index in [2.05, 4.69) is 34.8 Å². The normalized spacial score (nSPS) is 13.6. The Hall–Kier alpha value is -1.26. The minimum atomic E-state index is -0.496. The molecule has 130 valence electrons. The van der Waals surface area contributed by atoms with Crippen LogP contribution >= 0.6 is 0 Å². The fraction of sp³-hybridized carbons (Fsp3) is 0.882. The first-order valence-electron chi connectivity index (χ1n) is 8.70. The highest BCUT2D eigenvalue weighted by Gasteiger charge is 2.26. The Morgan fingerprint density at radius 3 is 2.27 bits per heavy atom. The molecule has 0 saturated carbocycles. The van der Waals surface area contributed by atoms with Gasteiger partial charge in [-0.05, 0) is 41.0 Å². The SMILES string of the molecule is CCCCCC(C)NC(=NCC(C)(C)C(=O)NCC)NCC. The molecule has 0 aromatic rings. The fourth-order valence-electron chi connectivity index (χ4n) is 2.07. The van der Waals surface area contributed by atoms with Gasteiger partial charge in [-0.1, -0.05) is 26.2 Å². The molecule has 0 rings (SSSR count). The van der Waals surface area contributed by atoms with Gasteiger partial charge in [0.05, 0.1) is 12.0 Å². The molecule has 1 amide bonds. The zero-order valence-electron chi connectivity index (χ0n) is 15.4. The molecule has 1 unspecified atom stereocenters. The lowest BCUT2D eigenvalue weighted by Crippen LogP contribution is -2.44. The van der Waals surface area contributed by atoms with Gasteiger partial charge in [-0.3, -0.25) is 9.79 Å². The predicted octanol–water partition coefficient (Wildman–Crippen LogP) is 2.67. The molecular weight excluding hydrogens is 276 g/mol. The number of aliphatic imine (C=N–C) groups is 1. The Bertz CT molecular complexity index is 340. The summed E-state index contributed by atoms with van der Waals surface area (Å²) in [4.78, 5) is 16.6. The summed E-state index contributed by atoms with van der Waals surface area (Å²) in [7, 11) is 0. The summed E-state index contributed by atoms with van der Waals surface area (Å²) in [5, 5.41) is 9.55. The topological polar surface area (TPSA) is 65.5 Å². The van der Waals surface area contributed by atoms with E-state index in [0.29, 0.717) is 19.1 Å². The van der Waals surface area contributed by atoms with Gasteiger partial charge >= 0.3 is 0 Å². The zero-order valence-corrected chi connectivity index (χ0v) is 15.4. The van der Waals surface area contributed by atoms with Crippen LogP contribution in [0.3, 0.4) is 0 Å². The highest BCUT2D eigenvalue weighted by molar-refractivity contribution is 5.83. The van der Waals surface area contributed by atoms with Crippen LogP contribution in [0.2, 0.25) is 0 Å². The summed E-state index contributed by atoms with van der Waals surface area (Å²) in [6.07, 6.45) is 4.87. The van der Waals surface area contributed by atoms with E-state index in [9.17, 15) is 4.79 Å². The zero-order chi connectivity index (χ0) is 17.0. The van der Waals surface area contributed by atoms with Crippen molar-refractivity contribution in [1.29, 1.82) is 0 Å². The molecule has 0 aliphatic carbocycles. The molecule has 22 heavy (non-hydrogen) atoms. The van der Waals surface area contributed by atoms with Crippen LogP contribution in [0.25, 0.3) is 0 Å². The lowest BCUT2D eigenvalue weighted by molar-refractivity contribution is -0.128. The number of hydrogen-bond donors (Lipinski definition) is 3. The standard InChI is InChI=1S/C17H36N4O/c1-7-10-11-12-14(4)21-16(19-9-3)20-13-17(5,6)15(22)18-8-2/h14H,7-13H2,1-6H3,(H,18,22)(H2,19,20,21). The largest absolute Gasteiger partial charge is 0.357 e. The number of unbranched alkanes of at least 4 members (excludes halogenated alkanes) is 2. The molecule has 0 fully saturated rings. The Balaban J connectivity index is 4.55. The van der Waals surface area contributed by atoms with Gasteiger partial charge in [0, 0.05) is 19.1 Å². The van der Waals surface area contributed by atoms with Crippen LogP contribution in [-0.2, 0) is 4.79 Å². The highest BCUT2D eigenvalue weighted by atomic mass is 16.2. The molecule has 0 saturated heterocycles. The van der Waals surface area contributed by atoms with Crippen LogP contribution < -0.4 is 16.0 Å². The monoisotopic (exact) mass is 312 g/mol. The van der Waals surface area contributed by atoms with Gasteiger partial charge in [0.15, 0.2) is 5.96 Å². The van der Waals surface area contributed by atoms with Crippen molar-refractivity contribution in [2.24, 2.45) is 10.4 Å². The summed E-state index contributed by atoms with van der Waals surface area (Å²) in [6, 6.07) is 0.386. The van der Waals surface area contributed by atoms with E-state index >= 15 is 0 Å². The van der Waals surface area contributed by atoms with Gasteiger partial charge < -0.3 is 16.0 Å². The van der Waals surface area contributed by atoms with Crippen LogP contribution in [-0.4, -0.2) is 37.5 Å². The van der Waals surface area contributed by atoms with Crippen LogP contribution in [0, 0.1) is 5.41 Å². The third-order valence-corrected chi connectivity index (χ3v) is 3.55. The maximum absolute atomic E-state index is 12.0. The minimum absolute atomic E-state index is 0.0468. The smallest absolute Gasteiger partial charge is 0.227 e. The van der Waals surface area contributed by atoms with Crippen LogP contribution in [0.1, 0.15) is 67.2 Å². The first-order chi connectivity index (χ1) is 10.4. The third-order valence-electron chi connectivity index (χ3n) is 3.55. The summed E-state index contributed by atoms with van der Waals surface area (Å²) in [6.45, 7) is 14.2. The van der Waals surface area contributed by atoms with Gasteiger partial charge in [0.25, 0.3) is 0 Å². The van der Waals surface area contributed by atoms with Crippen molar-refractivity contribution in [3.05, 3.63) is 0 Å². The van der Waals surface area contributed by atoms with Gasteiger partial charge in [-0.15, -0.1) is 0 Å². The first-order valence-corrected chi connectivity index (χ1v) is 8.70. The number of carbonyl (C=O) groups is 1. The molecule has 0 aromatic carbocycles.